The van der Waals surface area contributed by atoms with Crippen molar-refractivity contribution in [3.05, 3.63) is 17.5 Å². The van der Waals surface area contributed by atoms with E-state index in [-0.39, 0.29) is 5.69 Å². The molecule has 1 aliphatic rings. The van der Waals surface area contributed by atoms with E-state index in [9.17, 15) is 4.79 Å². The second-order valence-electron chi connectivity index (χ2n) is 5.25. The largest absolute Gasteiger partial charge is 0.476 e. The lowest BCUT2D eigenvalue weighted by Crippen LogP contribution is -2.26. The average molecular weight is 252 g/mol. The summed E-state index contributed by atoms with van der Waals surface area (Å²) in [6.07, 6.45) is 5.23. The highest BCUT2D eigenvalue weighted by molar-refractivity contribution is 5.85. The monoisotopic (exact) mass is 252 g/mol. The maximum Gasteiger partial charge on any atom is 0.358 e. The second kappa shape index (κ2) is 6.00. The molecular weight excluding hydrogens is 232 g/mol. The Bertz CT molecular complexity index is 403. The van der Waals surface area contributed by atoms with Crippen molar-refractivity contribution in [2.45, 2.75) is 39.2 Å². The van der Waals surface area contributed by atoms with Crippen molar-refractivity contribution < 1.29 is 14.4 Å². The summed E-state index contributed by atoms with van der Waals surface area (Å²) in [4.78, 5) is 10.6. The Labute approximate surface area is 107 Å². The number of hydrogen-bond donors (Lipinski definition) is 2. The minimum Gasteiger partial charge on any atom is -0.476 e. The second-order valence-corrected chi connectivity index (χ2v) is 5.25. The molecule has 0 aromatic carbocycles. The third-order valence-corrected chi connectivity index (χ3v) is 3.56. The van der Waals surface area contributed by atoms with Gasteiger partial charge >= 0.3 is 5.97 Å². The molecule has 2 unspecified atom stereocenters. The Kier molecular flexibility index (Phi) is 4.36. The molecule has 1 aliphatic carbocycles. The quantitative estimate of drug-likeness (QED) is 0.841. The smallest absolute Gasteiger partial charge is 0.358 e. The van der Waals surface area contributed by atoms with Gasteiger partial charge in [-0.25, -0.2) is 4.79 Å². The Morgan fingerprint density at radius 1 is 1.61 bits per heavy atom. The number of aromatic carboxylic acids is 1. The van der Waals surface area contributed by atoms with Crippen molar-refractivity contribution in [3.8, 4) is 0 Å². The van der Waals surface area contributed by atoms with Crippen LogP contribution >= 0.6 is 0 Å². The standard InChI is InChI=1S/C13H20N2O3/c1-9-3-2-4-10(5-9)7-14-8-11-6-12(13(16)17)15-18-11/h6,9-10,14H,2-5,7-8H2,1H3,(H,16,17). The number of carbonyl (C=O) groups is 1. The molecule has 2 atom stereocenters. The fourth-order valence-electron chi connectivity index (χ4n) is 2.64. The van der Waals surface area contributed by atoms with Gasteiger partial charge in [0.15, 0.2) is 11.5 Å². The van der Waals surface area contributed by atoms with Gasteiger partial charge in [-0.3, -0.25) is 0 Å². The molecule has 5 heteroatoms. The first-order valence-corrected chi connectivity index (χ1v) is 6.54. The van der Waals surface area contributed by atoms with Crippen LogP contribution in [-0.4, -0.2) is 22.8 Å². The van der Waals surface area contributed by atoms with Crippen molar-refractivity contribution in [2.24, 2.45) is 11.8 Å². The summed E-state index contributed by atoms with van der Waals surface area (Å²) in [7, 11) is 0. The summed E-state index contributed by atoms with van der Waals surface area (Å²) >= 11 is 0. The molecule has 0 aliphatic heterocycles. The molecule has 0 amide bonds. The molecule has 0 radical (unpaired) electrons. The fraction of sp³-hybridized carbons (Fsp3) is 0.692. The highest BCUT2D eigenvalue weighted by atomic mass is 16.5. The van der Waals surface area contributed by atoms with E-state index in [1.54, 1.807) is 0 Å². The summed E-state index contributed by atoms with van der Waals surface area (Å²) < 4.78 is 4.94. The van der Waals surface area contributed by atoms with Crippen LogP contribution in [0.2, 0.25) is 0 Å². The van der Waals surface area contributed by atoms with Gasteiger partial charge in [0.05, 0.1) is 6.54 Å². The van der Waals surface area contributed by atoms with E-state index >= 15 is 0 Å². The lowest BCUT2D eigenvalue weighted by atomic mass is 9.82. The van der Waals surface area contributed by atoms with Crippen LogP contribution in [0.4, 0.5) is 0 Å². The van der Waals surface area contributed by atoms with E-state index in [0.29, 0.717) is 12.3 Å². The van der Waals surface area contributed by atoms with Gasteiger partial charge in [0.25, 0.3) is 0 Å². The molecular formula is C13H20N2O3. The molecule has 0 spiro atoms. The van der Waals surface area contributed by atoms with Gasteiger partial charge in [-0.1, -0.05) is 24.9 Å². The zero-order chi connectivity index (χ0) is 13.0. The van der Waals surface area contributed by atoms with Crippen molar-refractivity contribution in [2.75, 3.05) is 6.54 Å². The number of carboxylic acids is 1. The van der Waals surface area contributed by atoms with E-state index in [0.717, 1.165) is 18.4 Å². The van der Waals surface area contributed by atoms with E-state index in [4.69, 9.17) is 9.63 Å². The molecule has 1 heterocycles. The fourth-order valence-corrected chi connectivity index (χ4v) is 2.64. The Morgan fingerprint density at radius 3 is 3.11 bits per heavy atom. The van der Waals surface area contributed by atoms with E-state index in [1.807, 2.05) is 0 Å². The van der Waals surface area contributed by atoms with Crippen LogP contribution in [0.1, 0.15) is 48.9 Å². The van der Waals surface area contributed by atoms with E-state index in [1.165, 1.54) is 31.7 Å². The van der Waals surface area contributed by atoms with E-state index in [2.05, 4.69) is 17.4 Å². The molecule has 1 aromatic rings. The maximum atomic E-state index is 10.6. The van der Waals surface area contributed by atoms with Crippen molar-refractivity contribution in [1.29, 1.82) is 0 Å². The summed E-state index contributed by atoms with van der Waals surface area (Å²) in [6, 6.07) is 1.47. The predicted octanol–water partition coefficient (Wildman–Crippen LogP) is 2.29. The highest BCUT2D eigenvalue weighted by Gasteiger charge is 2.18. The lowest BCUT2D eigenvalue weighted by Gasteiger charge is -2.26. The number of nitrogens with zero attached hydrogens (tertiary/aromatic N) is 1. The summed E-state index contributed by atoms with van der Waals surface area (Å²) in [5.74, 6) is 1.09. The molecule has 18 heavy (non-hydrogen) atoms. The minimum atomic E-state index is -1.05. The number of aromatic nitrogens is 1. The molecule has 1 fully saturated rings. The number of rotatable bonds is 5. The first-order chi connectivity index (χ1) is 8.65. The van der Waals surface area contributed by atoms with E-state index < -0.39 is 5.97 Å². The Morgan fingerprint density at radius 2 is 2.44 bits per heavy atom. The molecule has 0 saturated heterocycles. The van der Waals surface area contributed by atoms with Crippen molar-refractivity contribution in [1.82, 2.24) is 10.5 Å². The zero-order valence-corrected chi connectivity index (χ0v) is 10.7. The molecule has 100 valence electrons. The molecule has 1 saturated carbocycles. The molecule has 2 N–H and O–H groups in total. The summed E-state index contributed by atoms with van der Waals surface area (Å²) in [5.41, 5.74) is -0.0295. The zero-order valence-electron chi connectivity index (χ0n) is 10.7. The average Bonchev–Trinajstić information content (AvgIpc) is 2.78. The van der Waals surface area contributed by atoms with Crippen LogP contribution in [0.3, 0.4) is 0 Å². The normalized spacial score (nSPS) is 24.1. The van der Waals surface area contributed by atoms with Crippen LogP contribution in [0.25, 0.3) is 0 Å². The number of nitrogens with one attached hydrogen (secondary N) is 1. The Hall–Kier alpha value is -1.36. The third-order valence-electron chi connectivity index (χ3n) is 3.56. The highest BCUT2D eigenvalue weighted by Crippen LogP contribution is 2.27. The van der Waals surface area contributed by atoms with Crippen LogP contribution in [0.15, 0.2) is 10.6 Å². The summed E-state index contributed by atoms with van der Waals surface area (Å²) in [5, 5.41) is 15.5. The first-order valence-electron chi connectivity index (χ1n) is 6.54. The van der Waals surface area contributed by atoms with Gasteiger partial charge in [0.1, 0.15) is 0 Å². The number of hydrogen-bond acceptors (Lipinski definition) is 4. The van der Waals surface area contributed by atoms with Crippen LogP contribution in [-0.2, 0) is 6.54 Å². The van der Waals surface area contributed by atoms with Crippen molar-refractivity contribution >= 4 is 5.97 Å². The molecule has 2 rings (SSSR count). The molecule has 5 nitrogen and oxygen atoms in total. The van der Waals surface area contributed by atoms with Gasteiger partial charge in [-0.2, -0.15) is 0 Å². The topological polar surface area (TPSA) is 75.4 Å². The van der Waals surface area contributed by atoms with Crippen molar-refractivity contribution in [3.63, 3.8) is 0 Å². The minimum absolute atomic E-state index is 0.0295. The van der Waals surface area contributed by atoms with Gasteiger partial charge in [0.2, 0.25) is 0 Å². The van der Waals surface area contributed by atoms with Crippen LogP contribution < -0.4 is 5.32 Å². The van der Waals surface area contributed by atoms with Gasteiger partial charge < -0.3 is 14.9 Å². The van der Waals surface area contributed by atoms with Crippen LogP contribution in [0.5, 0.6) is 0 Å². The van der Waals surface area contributed by atoms with Crippen LogP contribution in [0, 0.1) is 11.8 Å². The first kappa shape index (κ1) is 13.1. The predicted molar refractivity (Wildman–Crippen MR) is 66.3 cm³/mol. The van der Waals surface area contributed by atoms with Gasteiger partial charge in [-0.15, -0.1) is 0 Å². The molecule has 0 bridgehead atoms. The maximum absolute atomic E-state index is 10.6. The number of carboxylic acid groups (broad SMARTS) is 1. The third kappa shape index (κ3) is 3.57. The lowest BCUT2D eigenvalue weighted by molar-refractivity contribution is 0.0685. The Balaban J connectivity index is 1.72. The van der Waals surface area contributed by atoms with Gasteiger partial charge in [0, 0.05) is 6.07 Å². The van der Waals surface area contributed by atoms with Gasteiger partial charge in [-0.05, 0) is 31.2 Å². The SMILES string of the molecule is CC1CCCC(CNCc2cc(C(=O)O)no2)C1. The molecule has 1 aromatic heterocycles. The summed E-state index contributed by atoms with van der Waals surface area (Å²) in [6.45, 7) is 3.82.